The Kier molecular flexibility index (Phi) is 3.43. The molecular weight excluding hydrogens is 281 g/mol. The van der Waals surface area contributed by atoms with Gasteiger partial charge >= 0.3 is 0 Å². The van der Waals surface area contributed by atoms with Crippen LogP contribution in [0.3, 0.4) is 0 Å². The minimum absolute atomic E-state index is 0.121. The van der Waals surface area contributed by atoms with Crippen molar-refractivity contribution in [2.75, 3.05) is 31.9 Å². The van der Waals surface area contributed by atoms with Crippen molar-refractivity contribution in [3.05, 3.63) is 24.0 Å². The van der Waals surface area contributed by atoms with Crippen LogP contribution in [0.2, 0.25) is 0 Å². The number of nitrogens with two attached hydrogens (primary N) is 1. The average molecular weight is 299 g/mol. The van der Waals surface area contributed by atoms with Crippen LogP contribution in [-0.2, 0) is 10.0 Å². The summed E-state index contributed by atoms with van der Waals surface area (Å²) in [4.78, 5) is 2.20. The largest absolute Gasteiger partial charge is 0.395 e. The molecule has 0 amide bonds. The van der Waals surface area contributed by atoms with Gasteiger partial charge in [0, 0.05) is 25.7 Å². The normalized spacial score (nSPS) is 24.8. The molecule has 1 aromatic carbocycles. The molecule has 0 spiro atoms. The molecule has 3 rings (SSSR count). The lowest BCUT2D eigenvalue weighted by Crippen LogP contribution is -2.51. The third kappa shape index (κ3) is 2.19. The maximum Gasteiger partial charge on any atom is 0.245 e. The first-order chi connectivity index (χ1) is 9.50. The molecule has 20 heavy (non-hydrogen) atoms. The number of fused-ring (bicyclic) bond motifs is 1. The Hall–Kier alpha value is -1.18. The number of benzene rings is 1. The molecule has 0 saturated carbocycles. The molecule has 0 bridgehead atoms. The number of hydrogen-bond donors (Lipinski definition) is 1. The van der Waals surface area contributed by atoms with Gasteiger partial charge in [0.05, 0.1) is 5.69 Å². The van der Waals surface area contributed by atoms with Gasteiger partial charge in [-0.05, 0) is 31.5 Å². The second-order valence-corrected chi connectivity index (χ2v) is 7.25. The molecule has 7 heteroatoms. The van der Waals surface area contributed by atoms with Gasteiger partial charge in [0.15, 0.2) is 0 Å². The summed E-state index contributed by atoms with van der Waals surface area (Å²) >= 11 is 0. The van der Waals surface area contributed by atoms with Crippen LogP contribution in [0.15, 0.2) is 23.1 Å². The number of hydrogen-bond acceptors (Lipinski definition) is 4. The van der Waals surface area contributed by atoms with Crippen LogP contribution >= 0.6 is 0 Å². The first-order valence-electron chi connectivity index (χ1n) is 6.78. The summed E-state index contributed by atoms with van der Waals surface area (Å²) in [5, 5.41) is 0. The molecule has 2 aliphatic rings. The Labute approximate surface area is 118 Å². The third-order valence-corrected chi connectivity index (χ3v) is 6.10. The van der Waals surface area contributed by atoms with Gasteiger partial charge in [-0.3, -0.25) is 4.90 Å². The van der Waals surface area contributed by atoms with Crippen molar-refractivity contribution in [1.82, 2.24) is 9.21 Å². The van der Waals surface area contributed by atoms with E-state index < -0.39 is 15.8 Å². The fraction of sp³-hybridized carbons (Fsp3) is 0.538. The molecule has 2 fully saturated rings. The number of rotatable bonds is 2. The SMILES string of the molecule is Nc1c(F)cccc1S(=O)(=O)N1CCN2CCCC2C1. The lowest BCUT2D eigenvalue weighted by atomic mass is 10.2. The predicted octanol–water partition coefficient (Wildman–Crippen LogP) is 0.877. The molecule has 0 aromatic heterocycles. The van der Waals surface area contributed by atoms with E-state index in [-0.39, 0.29) is 16.6 Å². The van der Waals surface area contributed by atoms with Crippen molar-refractivity contribution in [1.29, 1.82) is 0 Å². The number of piperazine rings is 1. The van der Waals surface area contributed by atoms with Crippen LogP contribution in [0.5, 0.6) is 0 Å². The fourth-order valence-electron chi connectivity index (χ4n) is 3.06. The number of sulfonamides is 1. The van der Waals surface area contributed by atoms with Crippen LogP contribution in [0.4, 0.5) is 10.1 Å². The van der Waals surface area contributed by atoms with Gasteiger partial charge in [-0.1, -0.05) is 6.07 Å². The highest BCUT2D eigenvalue weighted by atomic mass is 32.2. The molecule has 2 heterocycles. The maximum atomic E-state index is 13.5. The summed E-state index contributed by atoms with van der Waals surface area (Å²) in [6.45, 7) is 2.69. The van der Waals surface area contributed by atoms with E-state index in [0.717, 1.165) is 25.9 Å². The predicted molar refractivity (Wildman–Crippen MR) is 74.2 cm³/mol. The van der Waals surface area contributed by atoms with Crippen molar-refractivity contribution in [2.24, 2.45) is 0 Å². The van der Waals surface area contributed by atoms with Gasteiger partial charge in [-0.25, -0.2) is 12.8 Å². The van der Waals surface area contributed by atoms with Crippen LogP contribution in [0.1, 0.15) is 12.8 Å². The second kappa shape index (κ2) is 4.98. The number of para-hydroxylation sites is 1. The van der Waals surface area contributed by atoms with E-state index in [2.05, 4.69) is 4.90 Å². The highest BCUT2D eigenvalue weighted by Crippen LogP contribution is 2.28. The molecule has 110 valence electrons. The van der Waals surface area contributed by atoms with Gasteiger partial charge in [-0.15, -0.1) is 0 Å². The monoisotopic (exact) mass is 299 g/mol. The van der Waals surface area contributed by atoms with Gasteiger partial charge in [0.25, 0.3) is 0 Å². The Balaban J connectivity index is 1.90. The van der Waals surface area contributed by atoms with E-state index in [1.54, 1.807) is 0 Å². The molecule has 1 atom stereocenters. The smallest absolute Gasteiger partial charge is 0.245 e. The van der Waals surface area contributed by atoms with Crippen molar-refractivity contribution >= 4 is 15.7 Å². The van der Waals surface area contributed by atoms with Gasteiger partial charge in [0.1, 0.15) is 10.7 Å². The van der Waals surface area contributed by atoms with Gasteiger partial charge < -0.3 is 5.73 Å². The molecule has 2 N–H and O–H groups in total. The minimum atomic E-state index is -3.71. The molecule has 5 nitrogen and oxygen atoms in total. The molecule has 2 aliphatic heterocycles. The van der Waals surface area contributed by atoms with E-state index in [1.807, 2.05) is 0 Å². The first kappa shape index (κ1) is 13.8. The van der Waals surface area contributed by atoms with Crippen molar-refractivity contribution in [3.63, 3.8) is 0 Å². The highest BCUT2D eigenvalue weighted by Gasteiger charge is 2.37. The van der Waals surface area contributed by atoms with Gasteiger partial charge in [-0.2, -0.15) is 4.31 Å². The lowest BCUT2D eigenvalue weighted by molar-refractivity contribution is 0.158. The third-order valence-electron chi connectivity index (χ3n) is 4.18. The van der Waals surface area contributed by atoms with Crippen LogP contribution in [0.25, 0.3) is 0 Å². The highest BCUT2D eigenvalue weighted by molar-refractivity contribution is 7.89. The van der Waals surface area contributed by atoms with E-state index >= 15 is 0 Å². The molecule has 2 saturated heterocycles. The minimum Gasteiger partial charge on any atom is -0.395 e. The average Bonchev–Trinajstić information content (AvgIpc) is 2.89. The van der Waals surface area contributed by atoms with E-state index in [0.29, 0.717) is 13.1 Å². The Morgan fingerprint density at radius 2 is 2.05 bits per heavy atom. The van der Waals surface area contributed by atoms with E-state index in [4.69, 9.17) is 5.73 Å². The van der Waals surface area contributed by atoms with E-state index in [9.17, 15) is 12.8 Å². The number of anilines is 1. The molecule has 0 radical (unpaired) electrons. The molecule has 1 aromatic rings. The van der Waals surface area contributed by atoms with Crippen LogP contribution < -0.4 is 5.73 Å². The zero-order valence-corrected chi connectivity index (χ0v) is 11.9. The zero-order chi connectivity index (χ0) is 14.3. The fourth-order valence-corrected chi connectivity index (χ4v) is 4.66. The lowest BCUT2D eigenvalue weighted by Gasteiger charge is -2.36. The summed E-state index contributed by atoms with van der Waals surface area (Å²) in [5.74, 6) is -0.689. The first-order valence-corrected chi connectivity index (χ1v) is 8.22. The van der Waals surface area contributed by atoms with Crippen molar-refractivity contribution in [2.45, 2.75) is 23.8 Å². The van der Waals surface area contributed by atoms with Crippen LogP contribution in [0, 0.1) is 5.82 Å². The molecule has 0 aliphatic carbocycles. The zero-order valence-electron chi connectivity index (χ0n) is 11.1. The topological polar surface area (TPSA) is 66.6 Å². The quantitative estimate of drug-likeness (QED) is 0.823. The number of nitrogens with zero attached hydrogens (tertiary/aromatic N) is 2. The van der Waals surface area contributed by atoms with Crippen molar-refractivity contribution in [3.8, 4) is 0 Å². The summed E-state index contributed by atoms with van der Waals surface area (Å²) < 4.78 is 40.1. The second-order valence-electron chi connectivity index (χ2n) is 5.35. The summed E-state index contributed by atoms with van der Waals surface area (Å²) in [5.41, 5.74) is 5.30. The number of halogens is 1. The van der Waals surface area contributed by atoms with Crippen LogP contribution in [-0.4, -0.2) is 49.8 Å². The van der Waals surface area contributed by atoms with Gasteiger partial charge in [0.2, 0.25) is 10.0 Å². The summed E-state index contributed by atoms with van der Waals surface area (Å²) in [7, 11) is -3.71. The maximum absolute atomic E-state index is 13.5. The number of nitrogen functional groups attached to an aromatic ring is 1. The Morgan fingerprint density at radius 3 is 2.85 bits per heavy atom. The standard InChI is InChI=1S/C13H18FN3O2S/c14-11-4-1-5-12(13(11)15)20(18,19)17-8-7-16-6-2-3-10(16)9-17/h1,4-5,10H,2-3,6-9,15H2. The van der Waals surface area contributed by atoms with E-state index in [1.165, 1.54) is 22.5 Å². The van der Waals surface area contributed by atoms with Crippen molar-refractivity contribution < 1.29 is 12.8 Å². The summed E-state index contributed by atoms with van der Waals surface area (Å²) in [6, 6.07) is 4.20. The summed E-state index contributed by atoms with van der Waals surface area (Å²) in [6.07, 6.45) is 2.13. The molecular formula is C13H18FN3O2S. The molecule has 1 unspecified atom stereocenters. The Bertz CT molecular complexity index is 620. The Morgan fingerprint density at radius 1 is 1.25 bits per heavy atom.